The van der Waals surface area contributed by atoms with Crippen LogP contribution < -0.4 is 4.90 Å². The Hall–Kier alpha value is -2.28. The molecule has 0 bridgehead atoms. The van der Waals surface area contributed by atoms with E-state index in [9.17, 15) is 21.6 Å². The first-order valence-corrected chi connectivity index (χ1v) is 10.1. The number of nitriles is 1. The van der Waals surface area contributed by atoms with E-state index in [0.29, 0.717) is 29.7 Å². The van der Waals surface area contributed by atoms with E-state index in [1.807, 2.05) is 11.0 Å². The predicted octanol–water partition coefficient (Wildman–Crippen LogP) is 3.74. The minimum Gasteiger partial charge on any atom is -0.369 e. The van der Waals surface area contributed by atoms with Gasteiger partial charge in [0.2, 0.25) is 10.0 Å². The number of halogens is 4. The Morgan fingerprint density at radius 1 is 1.04 bits per heavy atom. The first-order valence-electron chi connectivity index (χ1n) is 8.25. The molecule has 0 N–H and O–H groups in total. The van der Waals surface area contributed by atoms with Crippen LogP contribution in [0.4, 0.5) is 18.9 Å². The van der Waals surface area contributed by atoms with Crippen LogP contribution >= 0.6 is 11.6 Å². The fraction of sp³-hybridized carbons (Fsp3) is 0.278. The van der Waals surface area contributed by atoms with Crippen molar-refractivity contribution in [2.24, 2.45) is 0 Å². The lowest BCUT2D eigenvalue weighted by Gasteiger charge is -2.35. The number of anilines is 1. The van der Waals surface area contributed by atoms with Gasteiger partial charge in [0.25, 0.3) is 0 Å². The van der Waals surface area contributed by atoms with Crippen molar-refractivity contribution < 1.29 is 21.6 Å². The highest BCUT2D eigenvalue weighted by Gasteiger charge is 2.34. The zero-order valence-electron chi connectivity index (χ0n) is 14.4. The summed E-state index contributed by atoms with van der Waals surface area (Å²) in [5.74, 6) is 0. The van der Waals surface area contributed by atoms with Crippen molar-refractivity contribution in [3.05, 3.63) is 58.6 Å². The first kappa shape index (κ1) is 20.5. The molecule has 0 spiro atoms. The largest absolute Gasteiger partial charge is 0.416 e. The minimum absolute atomic E-state index is 0.121. The maximum absolute atomic E-state index is 12.9. The quantitative estimate of drug-likeness (QED) is 0.745. The molecule has 0 aliphatic carbocycles. The Balaban J connectivity index is 1.76. The normalized spacial score (nSPS) is 16.0. The summed E-state index contributed by atoms with van der Waals surface area (Å²) in [7, 11) is -4.03. The topological polar surface area (TPSA) is 64.4 Å². The van der Waals surface area contributed by atoms with Gasteiger partial charge in [0.15, 0.2) is 0 Å². The summed E-state index contributed by atoms with van der Waals surface area (Å²) in [5, 5.41) is 9.23. The lowest BCUT2D eigenvalue weighted by atomic mass is 10.2. The van der Waals surface area contributed by atoms with E-state index in [2.05, 4.69) is 0 Å². The highest BCUT2D eigenvalue weighted by atomic mass is 35.5. The molecule has 0 aromatic heterocycles. The van der Waals surface area contributed by atoms with E-state index in [1.54, 1.807) is 18.2 Å². The second-order valence-corrected chi connectivity index (χ2v) is 8.54. The van der Waals surface area contributed by atoms with Crippen LogP contribution in [0.5, 0.6) is 0 Å². The summed E-state index contributed by atoms with van der Waals surface area (Å²) < 4.78 is 65.3. The van der Waals surface area contributed by atoms with Crippen molar-refractivity contribution in [2.75, 3.05) is 31.1 Å². The maximum Gasteiger partial charge on any atom is 0.416 e. The summed E-state index contributed by atoms with van der Waals surface area (Å²) in [6, 6.07) is 10.7. The molecule has 10 heteroatoms. The van der Waals surface area contributed by atoms with Crippen molar-refractivity contribution >= 4 is 27.3 Å². The molecule has 0 unspecified atom stereocenters. The number of hydrogen-bond donors (Lipinski definition) is 0. The van der Waals surface area contributed by atoms with Gasteiger partial charge >= 0.3 is 6.18 Å². The summed E-state index contributed by atoms with van der Waals surface area (Å²) >= 11 is 6.03. The van der Waals surface area contributed by atoms with E-state index >= 15 is 0 Å². The molecule has 0 atom stereocenters. The van der Waals surface area contributed by atoms with Gasteiger partial charge < -0.3 is 4.90 Å². The van der Waals surface area contributed by atoms with Crippen molar-refractivity contribution in [3.8, 4) is 6.07 Å². The van der Waals surface area contributed by atoms with Gasteiger partial charge in [-0.2, -0.15) is 22.7 Å². The first-order chi connectivity index (χ1) is 13.1. The Morgan fingerprint density at radius 3 is 2.29 bits per heavy atom. The summed E-state index contributed by atoms with van der Waals surface area (Å²) in [6.45, 7) is 0.938. The smallest absolute Gasteiger partial charge is 0.369 e. The minimum atomic E-state index is -4.61. The predicted molar refractivity (Wildman–Crippen MR) is 98.6 cm³/mol. The van der Waals surface area contributed by atoms with Crippen LogP contribution in [0.25, 0.3) is 0 Å². The molecule has 1 heterocycles. The third-order valence-electron chi connectivity index (χ3n) is 4.48. The molecule has 2 aromatic carbocycles. The average Bonchev–Trinajstić information content (AvgIpc) is 2.67. The standard InChI is InChI=1S/C18H15ClF3N3O2S/c19-17-11-15(5-4-13(17)12-23)24-6-8-25(9-7-24)28(26,27)16-3-1-2-14(10-16)18(20,21)22/h1-5,10-11H,6-9H2. The van der Waals surface area contributed by atoms with Crippen LogP contribution in [-0.2, 0) is 16.2 Å². The van der Waals surface area contributed by atoms with Crippen LogP contribution in [0, 0.1) is 11.3 Å². The average molecular weight is 430 g/mol. The molecule has 1 aliphatic rings. The fourth-order valence-corrected chi connectivity index (χ4v) is 4.65. The Bertz CT molecular complexity index is 1030. The van der Waals surface area contributed by atoms with Crippen molar-refractivity contribution in [2.45, 2.75) is 11.1 Å². The third kappa shape index (κ3) is 4.09. The Kier molecular flexibility index (Phi) is 5.57. The number of alkyl halides is 3. The number of hydrogen-bond acceptors (Lipinski definition) is 4. The van der Waals surface area contributed by atoms with Crippen molar-refractivity contribution in [1.29, 1.82) is 5.26 Å². The number of nitrogens with zero attached hydrogens (tertiary/aromatic N) is 3. The van der Waals surface area contributed by atoms with E-state index in [1.165, 1.54) is 4.31 Å². The monoisotopic (exact) mass is 429 g/mol. The SMILES string of the molecule is N#Cc1ccc(N2CCN(S(=O)(=O)c3cccc(C(F)(F)F)c3)CC2)cc1Cl. The third-order valence-corrected chi connectivity index (χ3v) is 6.68. The highest BCUT2D eigenvalue weighted by Crippen LogP contribution is 2.31. The van der Waals surface area contributed by atoms with Crippen LogP contribution in [-0.4, -0.2) is 38.9 Å². The van der Waals surface area contributed by atoms with E-state index in [4.69, 9.17) is 16.9 Å². The molecule has 0 amide bonds. The molecule has 0 radical (unpaired) electrons. The Labute approximate surface area is 165 Å². The molecule has 1 aliphatic heterocycles. The molecule has 148 valence electrons. The van der Waals surface area contributed by atoms with Gasteiger partial charge in [-0.25, -0.2) is 8.42 Å². The molecule has 0 saturated carbocycles. The van der Waals surface area contributed by atoms with Gasteiger partial charge in [-0.3, -0.25) is 0 Å². The van der Waals surface area contributed by atoms with Crippen LogP contribution in [0.15, 0.2) is 47.4 Å². The molecule has 28 heavy (non-hydrogen) atoms. The molecular formula is C18H15ClF3N3O2S. The van der Waals surface area contributed by atoms with Crippen LogP contribution in [0.1, 0.15) is 11.1 Å². The van der Waals surface area contributed by atoms with Gasteiger partial charge in [0, 0.05) is 31.9 Å². The van der Waals surface area contributed by atoms with Gasteiger partial charge in [0.05, 0.1) is 21.0 Å². The van der Waals surface area contributed by atoms with Crippen LogP contribution in [0.3, 0.4) is 0 Å². The van der Waals surface area contributed by atoms with E-state index < -0.39 is 21.8 Å². The summed E-state index contributed by atoms with van der Waals surface area (Å²) in [5.41, 5.74) is 0.0933. The lowest BCUT2D eigenvalue weighted by molar-refractivity contribution is -0.137. The zero-order chi connectivity index (χ0) is 20.5. The van der Waals surface area contributed by atoms with Crippen molar-refractivity contribution in [1.82, 2.24) is 4.31 Å². The molecule has 1 saturated heterocycles. The number of rotatable bonds is 3. The molecule has 1 fully saturated rings. The van der Waals surface area contributed by atoms with Gasteiger partial charge in [-0.05, 0) is 36.4 Å². The number of piperazine rings is 1. The van der Waals surface area contributed by atoms with Crippen molar-refractivity contribution in [3.63, 3.8) is 0 Å². The summed E-state index contributed by atoms with van der Waals surface area (Å²) in [4.78, 5) is 1.53. The fourth-order valence-electron chi connectivity index (χ4n) is 2.96. The van der Waals surface area contributed by atoms with E-state index in [0.717, 1.165) is 23.9 Å². The van der Waals surface area contributed by atoms with E-state index in [-0.39, 0.29) is 18.0 Å². The highest BCUT2D eigenvalue weighted by molar-refractivity contribution is 7.89. The van der Waals surface area contributed by atoms with Crippen LogP contribution in [0.2, 0.25) is 5.02 Å². The Morgan fingerprint density at radius 2 is 1.71 bits per heavy atom. The number of benzene rings is 2. The van der Waals surface area contributed by atoms with Gasteiger partial charge in [0.1, 0.15) is 6.07 Å². The maximum atomic E-state index is 12.9. The lowest BCUT2D eigenvalue weighted by Crippen LogP contribution is -2.48. The molecule has 2 aromatic rings. The van der Waals surface area contributed by atoms with Gasteiger partial charge in [-0.15, -0.1) is 0 Å². The van der Waals surface area contributed by atoms with Gasteiger partial charge in [-0.1, -0.05) is 17.7 Å². The zero-order valence-corrected chi connectivity index (χ0v) is 16.0. The number of sulfonamides is 1. The second-order valence-electron chi connectivity index (χ2n) is 6.19. The molecule has 3 rings (SSSR count). The molecular weight excluding hydrogens is 415 g/mol. The second kappa shape index (κ2) is 7.62. The molecule has 5 nitrogen and oxygen atoms in total. The summed E-state index contributed by atoms with van der Waals surface area (Å²) in [6.07, 6.45) is -4.61.